The highest BCUT2D eigenvalue weighted by atomic mass is 16.2. The first kappa shape index (κ1) is 8.57. The minimum absolute atomic E-state index is 0.256. The smallest absolute Gasteiger partial charge is 0.223 e. The van der Waals surface area contributed by atoms with E-state index in [1.54, 1.807) is 0 Å². The molecule has 1 atom stereocenters. The van der Waals surface area contributed by atoms with Crippen LogP contribution in [0, 0.1) is 11.8 Å². The maximum absolute atomic E-state index is 11.2. The molecule has 1 N–H and O–H groups in total. The molecule has 2 heteroatoms. The Balaban J connectivity index is 2.23. The summed E-state index contributed by atoms with van der Waals surface area (Å²) < 4.78 is 0. The summed E-state index contributed by atoms with van der Waals surface area (Å²) in [5, 5.41) is 3.00. The number of hydrogen-bond donors (Lipinski definition) is 1. The Kier molecular flexibility index (Phi) is 2.53. The summed E-state index contributed by atoms with van der Waals surface area (Å²) in [5.41, 5.74) is 0. The van der Waals surface area contributed by atoms with Gasteiger partial charge < -0.3 is 5.32 Å². The molecule has 2 nitrogen and oxygen atoms in total. The lowest BCUT2D eigenvalue weighted by Gasteiger charge is -2.16. The van der Waals surface area contributed by atoms with E-state index in [1.165, 1.54) is 0 Å². The van der Waals surface area contributed by atoms with E-state index >= 15 is 0 Å². The van der Waals surface area contributed by atoms with Crippen LogP contribution >= 0.6 is 0 Å². The minimum atomic E-state index is 0.256. The molecule has 1 amide bonds. The van der Waals surface area contributed by atoms with Crippen molar-refractivity contribution in [3.05, 3.63) is 0 Å². The highest BCUT2D eigenvalue weighted by Crippen LogP contribution is 2.29. The maximum atomic E-state index is 11.2. The Bertz CT molecular complexity index is 150. The van der Waals surface area contributed by atoms with Crippen molar-refractivity contribution in [3.63, 3.8) is 0 Å². The van der Waals surface area contributed by atoms with Crippen molar-refractivity contribution in [1.29, 1.82) is 0 Å². The van der Waals surface area contributed by atoms with Gasteiger partial charge in [0.05, 0.1) is 0 Å². The summed E-state index contributed by atoms with van der Waals surface area (Å²) >= 11 is 0. The Morgan fingerprint density at radius 2 is 1.91 bits per heavy atom. The molecule has 1 saturated carbocycles. The fourth-order valence-corrected chi connectivity index (χ4v) is 0.854. The van der Waals surface area contributed by atoms with Crippen LogP contribution < -0.4 is 5.32 Å². The van der Waals surface area contributed by atoms with Gasteiger partial charge in [0.1, 0.15) is 0 Å². The second-order valence-corrected chi connectivity index (χ2v) is 3.82. The molecular weight excluding hydrogens is 138 g/mol. The van der Waals surface area contributed by atoms with Gasteiger partial charge in [-0.3, -0.25) is 4.79 Å². The van der Waals surface area contributed by atoms with Gasteiger partial charge in [-0.2, -0.15) is 0 Å². The van der Waals surface area contributed by atoms with Crippen molar-refractivity contribution < 1.29 is 4.79 Å². The van der Waals surface area contributed by atoms with Crippen LogP contribution in [0.5, 0.6) is 0 Å². The maximum Gasteiger partial charge on any atom is 0.223 e. The van der Waals surface area contributed by atoms with E-state index in [0.29, 0.717) is 17.9 Å². The normalized spacial score (nSPS) is 20.0. The van der Waals surface area contributed by atoms with Crippen molar-refractivity contribution in [1.82, 2.24) is 5.32 Å². The van der Waals surface area contributed by atoms with Gasteiger partial charge in [-0.25, -0.2) is 0 Å². The summed E-state index contributed by atoms with van der Waals surface area (Å²) in [5.74, 6) is 1.14. The molecule has 1 aliphatic rings. The first-order valence-electron chi connectivity index (χ1n) is 4.41. The molecule has 1 aliphatic carbocycles. The standard InChI is InChI=1S/C9H17NO/c1-6(2)7(3)10-9(11)8-4-5-8/h6-8H,4-5H2,1-3H3,(H,10,11)/t7-/m1/s1. The van der Waals surface area contributed by atoms with Crippen LogP contribution in [-0.4, -0.2) is 11.9 Å². The van der Waals surface area contributed by atoms with Gasteiger partial charge in [-0.05, 0) is 25.7 Å². The fraction of sp³-hybridized carbons (Fsp3) is 0.889. The van der Waals surface area contributed by atoms with E-state index < -0.39 is 0 Å². The van der Waals surface area contributed by atoms with E-state index in [9.17, 15) is 4.79 Å². The molecule has 0 bridgehead atoms. The van der Waals surface area contributed by atoms with Crippen LogP contribution in [0.25, 0.3) is 0 Å². The molecule has 0 saturated heterocycles. The average molecular weight is 155 g/mol. The third kappa shape index (κ3) is 2.52. The number of rotatable bonds is 3. The van der Waals surface area contributed by atoms with Crippen molar-refractivity contribution in [2.45, 2.75) is 39.7 Å². The van der Waals surface area contributed by atoms with Crippen LogP contribution in [0.15, 0.2) is 0 Å². The van der Waals surface area contributed by atoms with Crippen molar-refractivity contribution >= 4 is 5.91 Å². The van der Waals surface area contributed by atoms with Crippen molar-refractivity contribution in [2.24, 2.45) is 11.8 Å². The van der Waals surface area contributed by atoms with Gasteiger partial charge in [0, 0.05) is 12.0 Å². The quantitative estimate of drug-likeness (QED) is 0.658. The molecule has 64 valence electrons. The van der Waals surface area contributed by atoms with Crippen LogP contribution in [-0.2, 0) is 4.79 Å². The van der Waals surface area contributed by atoms with E-state index in [4.69, 9.17) is 0 Å². The molecule has 1 rings (SSSR count). The summed E-state index contributed by atoms with van der Waals surface area (Å²) in [7, 11) is 0. The van der Waals surface area contributed by atoms with Gasteiger partial charge in [-0.1, -0.05) is 13.8 Å². The second kappa shape index (κ2) is 3.24. The van der Waals surface area contributed by atoms with Crippen molar-refractivity contribution in [2.75, 3.05) is 0 Å². The Morgan fingerprint density at radius 3 is 2.27 bits per heavy atom. The van der Waals surface area contributed by atoms with Crippen LogP contribution in [0.3, 0.4) is 0 Å². The SMILES string of the molecule is CC(C)[C@@H](C)NC(=O)C1CC1. The molecule has 0 aromatic rings. The fourth-order valence-electron chi connectivity index (χ4n) is 0.854. The molecule has 1 fully saturated rings. The van der Waals surface area contributed by atoms with Gasteiger partial charge in [0.2, 0.25) is 5.91 Å². The largest absolute Gasteiger partial charge is 0.353 e. The summed E-state index contributed by atoms with van der Waals surface area (Å²) in [6.07, 6.45) is 2.19. The second-order valence-electron chi connectivity index (χ2n) is 3.82. The third-order valence-electron chi connectivity index (χ3n) is 2.32. The van der Waals surface area contributed by atoms with E-state index in [-0.39, 0.29) is 5.91 Å². The molecule has 0 aliphatic heterocycles. The first-order chi connectivity index (χ1) is 5.11. The Morgan fingerprint density at radius 1 is 1.36 bits per heavy atom. The van der Waals surface area contributed by atoms with Crippen LogP contribution in [0.2, 0.25) is 0 Å². The zero-order chi connectivity index (χ0) is 8.43. The molecule has 0 heterocycles. The monoisotopic (exact) mass is 155 g/mol. The highest BCUT2D eigenvalue weighted by Gasteiger charge is 2.30. The number of hydrogen-bond acceptors (Lipinski definition) is 1. The number of carbonyl (C=O) groups excluding carboxylic acids is 1. The molecule has 0 aromatic carbocycles. The number of carbonyl (C=O) groups is 1. The van der Waals surface area contributed by atoms with Crippen molar-refractivity contribution in [3.8, 4) is 0 Å². The highest BCUT2D eigenvalue weighted by molar-refractivity contribution is 5.81. The molecule has 0 radical (unpaired) electrons. The summed E-state index contributed by atoms with van der Waals surface area (Å²) in [6.45, 7) is 6.31. The number of nitrogens with one attached hydrogen (secondary N) is 1. The summed E-state index contributed by atoms with van der Waals surface area (Å²) in [4.78, 5) is 11.2. The molecule has 0 aromatic heterocycles. The Hall–Kier alpha value is -0.530. The van der Waals surface area contributed by atoms with Gasteiger partial charge in [0.25, 0.3) is 0 Å². The van der Waals surface area contributed by atoms with E-state index in [1.807, 2.05) is 0 Å². The first-order valence-corrected chi connectivity index (χ1v) is 4.41. The lowest BCUT2D eigenvalue weighted by Crippen LogP contribution is -2.36. The third-order valence-corrected chi connectivity index (χ3v) is 2.32. The predicted octanol–water partition coefficient (Wildman–Crippen LogP) is 1.56. The van der Waals surface area contributed by atoms with Gasteiger partial charge in [0.15, 0.2) is 0 Å². The molecule has 11 heavy (non-hydrogen) atoms. The molecule has 0 spiro atoms. The topological polar surface area (TPSA) is 29.1 Å². The molecule has 0 unspecified atom stereocenters. The lowest BCUT2D eigenvalue weighted by molar-refractivity contribution is -0.123. The van der Waals surface area contributed by atoms with Gasteiger partial charge in [-0.15, -0.1) is 0 Å². The summed E-state index contributed by atoms with van der Waals surface area (Å²) in [6, 6.07) is 0.322. The van der Waals surface area contributed by atoms with E-state index in [2.05, 4.69) is 26.1 Å². The Labute approximate surface area is 68.4 Å². The zero-order valence-electron chi connectivity index (χ0n) is 7.55. The van der Waals surface area contributed by atoms with Crippen LogP contribution in [0.4, 0.5) is 0 Å². The average Bonchev–Trinajstić information content (AvgIpc) is 2.67. The predicted molar refractivity (Wildman–Crippen MR) is 45.2 cm³/mol. The minimum Gasteiger partial charge on any atom is -0.353 e. The number of amides is 1. The van der Waals surface area contributed by atoms with Crippen LogP contribution in [0.1, 0.15) is 33.6 Å². The zero-order valence-corrected chi connectivity index (χ0v) is 7.55. The van der Waals surface area contributed by atoms with Gasteiger partial charge >= 0.3 is 0 Å². The lowest BCUT2D eigenvalue weighted by atomic mass is 10.1. The molecular formula is C9H17NO. The van der Waals surface area contributed by atoms with E-state index in [0.717, 1.165) is 12.8 Å².